The van der Waals surface area contributed by atoms with Crippen LogP contribution in [0.3, 0.4) is 0 Å². The summed E-state index contributed by atoms with van der Waals surface area (Å²) >= 11 is 0. The summed E-state index contributed by atoms with van der Waals surface area (Å²) in [5, 5.41) is 12.6. The van der Waals surface area contributed by atoms with E-state index in [4.69, 9.17) is 18.7 Å². The summed E-state index contributed by atoms with van der Waals surface area (Å²) in [7, 11) is -3.42. The van der Waals surface area contributed by atoms with Crippen molar-refractivity contribution in [3.63, 3.8) is 0 Å². The summed E-state index contributed by atoms with van der Waals surface area (Å²) in [4.78, 5) is 60.5. The van der Waals surface area contributed by atoms with Crippen LogP contribution in [-0.4, -0.2) is 75.1 Å². The number of ether oxygens (including phenoxy) is 3. The zero-order chi connectivity index (χ0) is 36.8. The van der Waals surface area contributed by atoms with Gasteiger partial charge in [-0.2, -0.15) is 0 Å². The molecule has 15 heteroatoms. The average molecular weight is 732 g/mol. The number of aliphatic hydroxyl groups is 1. The third kappa shape index (κ3) is 16.8. The van der Waals surface area contributed by atoms with Gasteiger partial charge in [-0.05, 0) is 33.1 Å². The van der Waals surface area contributed by atoms with Crippen LogP contribution in [0.4, 0.5) is 0 Å². The predicted octanol–water partition coefficient (Wildman–Crippen LogP) is 5.06. The van der Waals surface area contributed by atoms with Crippen LogP contribution in [-0.2, 0) is 32.9 Å². The first-order valence-electron chi connectivity index (χ1n) is 18.6. The number of unbranched alkanes of at least 4 members (excludes halogenated alkanes) is 15. The third-order valence-electron chi connectivity index (χ3n) is 8.89. The number of amides is 1. The third-order valence-corrected chi connectivity index (χ3v) is 9.37. The monoisotopic (exact) mass is 731 g/mol. The largest absolute Gasteiger partial charge is 0.450 e. The SMILES string of the molecule is CCCCCCCCCCCCCCCC(=O)OC(C)(C)C(=O)NCCCCCCOC1C(O[PH](=O)O)C(CO)OC1n1ccc(=O)[nH]c1=O. The lowest BCUT2D eigenvalue weighted by Crippen LogP contribution is -2.45. The van der Waals surface area contributed by atoms with E-state index in [1.54, 1.807) is 13.8 Å². The van der Waals surface area contributed by atoms with Crippen LogP contribution in [0.15, 0.2) is 21.9 Å². The quantitative estimate of drug-likeness (QED) is 0.0511. The number of nitrogens with one attached hydrogen (secondary N) is 2. The van der Waals surface area contributed by atoms with Crippen LogP contribution < -0.4 is 16.6 Å². The summed E-state index contributed by atoms with van der Waals surface area (Å²) in [5.41, 5.74) is -2.63. The van der Waals surface area contributed by atoms with Gasteiger partial charge < -0.3 is 34.1 Å². The molecule has 5 unspecified atom stereocenters. The topological polar surface area (TPSA) is 195 Å². The lowest BCUT2D eigenvalue weighted by Gasteiger charge is -2.24. The molecule has 1 aliphatic heterocycles. The van der Waals surface area contributed by atoms with Gasteiger partial charge in [0, 0.05) is 31.8 Å². The Morgan fingerprint density at radius 3 is 2.08 bits per heavy atom. The molecule has 288 valence electrons. The Balaban J connectivity index is 1.60. The van der Waals surface area contributed by atoms with Crippen molar-refractivity contribution in [3.05, 3.63) is 33.1 Å². The number of hydrogen-bond acceptors (Lipinski definition) is 10. The van der Waals surface area contributed by atoms with E-state index in [0.717, 1.165) is 42.7 Å². The molecule has 4 N–H and O–H groups in total. The van der Waals surface area contributed by atoms with Crippen molar-refractivity contribution in [2.24, 2.45) is 0 Å². The minimum absolute atomic E-state index is 0.196. The molecule has 0 radical (unpaired) electrons. The summed E-state index contributed by atoms with van der Waals surface area (Å²) in [6, 6.07) is 1.13. The van der Waals surface area contributed by atoms with Crippen LogP contribution in [0.2, 0.25) is 0 Å². The smallest absolute Gasteiger partial charge is 0.330 e. The molecule has 0 spiro atoms. The first kappa shape index (κ1) is 43.8. The fraction of sp³-hybridized carbons (Fsp3) is 0.829. The molecule has 14 nitrogen and oxygen atoms in total. The Labute approximate surface area is 297 Å². The molecule has 5 atom stereocenters. The molecule has 2 heterocycles. The highest BCUT2D eigenvalue weighted by Gasteiger charge is 2.48. The molecule has 1 aliphatic rings. The highest BCUT2D eigenvalue weighted by atomic mass is 31.1. The van der Waals surface area contributed by atoms with Crippen molar-refractivity contribution in [2.75, 3.05) is 19.8 Å². The Morgan fingerprint density at radius 2 is 1.50 bits per heavy atom. The summed E-state index contributed by atoms with van der Waals surface area (Å²) in [5.74, 6) is -0.713. The van der Waals surface area contributed by atoms with E-state index in [1.165, 1.54) is 70.4 Å². The molecule has 1 amide bonds. The molecule has 0 aliphatic carbocycles. The van der Waals surface area contributed by atoms with E-state index in [1.807, 2.05) is 0 Å². The number of carbonyl (C=O) groups excluding carboxylic acids is 2. The molecule has 1 aromatic heterocycles. The second-order valence-corrected chi connectivity index (χ2v) is 14.4. The lowest BCUT2D eigenvalue weighted by molar-refractivity contribution is -0.165. The fourth-order valence-electron chi connectivity index (χ4n) is 6.03. The number of aromatic nitrogens is 2. The van der Waals surface area contributed by atoms with Gasteiger partial charge in [0.15, 0.2) is 11.8 Å². The van der Waals surface area contributed by atoms with E-state index < -0.39 is 56.3 Å². The van der Waals surface area contributed by atoms with Crippen LogP contribution in [0.1, 0.15) is 143 Å². The minimum Gasteiger partial charge on any atom is -0.450 e. The highest BCUT2D eigenvalue weighted by molar-refractivity contribution is 7.32. The van der Waals surface area contributed by atoms with E-state index in [-0.39, 0.29) is 18.5 Å². The minimum atomic E-state index is -3.42. The summed E-state index contributed by atoms with van der Waals surface area (Å²) in [6.45, 7) is 5.48. The van der Waals surface area contributed by atoms with E-state index in [9.17, 15) is 33.7 Å². The van der Waals surface area contributed by atoms with Crippen molar-refractivity contribution < 1.29 is 42.9 Å². The van der Waals surface area contributed by atoms with Crippen molar-refractivity contribution in [2.45, 2.75) is 166 Å². The summed E-state index contributed by atoms with van der Waals surface area (Å²) < 4.78 is 34.8. The van der Waals surface area contributed by atoms with E-state index in [0.29, 0.717) is 25.8 Å². The van der Waals surface area contributed by atoms with Gasteiger partial charge in [-0.15, -0.1) is 0 Å². The molecular weight excluding hydrogens is 669 g/mol. The van der Waals surface area contributed by atoms with Gasteiger partial charge in [0.05, 0.1) is 6.61 Å². The number of H-pyrrole nitrogens is 1. The first-order valence-corrected chi connectivity index (χ1v) is 19.9. The molecule has 1 saturated heterocycles. The number of aromatic amines is 1. The predicted molar refractivity (Wildman–Crippen MR) is 190 cm³/mol. The maximum absolute atomic E-state index is 12.7. The van der Waals surface area contributed by atoms with Crippen LogP contribution in [0, 0.1) is 0 Å². The van der Waals surface area contributed by atoms with Crippen LogP contribution in [0.25, 0.3) is 0 Å². The van der Waals surface area contributed by atoms with E-state index in [2.05, 4.69) is 17.2 Å². The van der Waals surface area contributed by atoms with E-state index >= 15 is 0 Å². The standard InChI is InChI=1S/C35H62N3O11P/c1-4-5-6-7-8-9-10-11-12-13-14-15-18-21-29(41)48-35(2,3)33(42)36-23-19-16-17-20-25-46-31-30(49-50(44)45)27(26-39)47-32(31)38-24-22-28(40)37-34(38)43/h22,24,27,30-32,39,50H,4-21,23,25-26H2,1-3H3,(H,36,42)(H,44,45)(H,37,40,43). The Hall–Kier alpha value is -2.35. The maximum atomic E-state index is 12.7. The molecule has 2 rings (SSSR count). The molecule has 0 saturated carbocycles. The number of rotatable bonds is 28. The van der Waals surface area contributed by atoms with Crippen molar-refractivity contribution in [1.29, 1.82) is 0 Å². The number of carbonyl (C=O) groups is 2. The van der Waals surface area contributed by atoms with Gasteiger partial charge in [0.25, 0.3) is 11.5 Å². The highest BCUT2D eigenvalue weighted by Crippen LogP contribution is 2.37. The van der Waals surface area contributed by atoms with Gasteiger partial charge in [-0.3, -0.25) is 28.5 Å². The van der Waals surface area contributed by atoms with Gasteiger partial charge in [0.1, 0.15) is 18.3 Å². The molecule has 1 aromatic rings. The number of esters is 1. The lowest BCUT2D eigenvalue weighted by atomic mass is 10.0. The molecular formula is C35H62N3O11P. The molecule has 0 aromatic carbocycles. The van der Waals surface area contributed by atoms with Gasteiger partial charge in [-0.25, -0.2) is 4.79 Å². The van der Waals surface area contributed by atoms with Crippen molar-refractivity contribution >= 4 is 20.1 Å². The zero-order valence-corrected chi connectivity index (χ0v) is 31.3. The van der Waals surface area contributed by atoms with Gasteiger partial charge in [0.2, 0.25) is 0 Å². The number of nitrogens with zero attached hydrogens (tertiary/aromatic N) is 1. The number of hydrogen-bond donors (Lipinski definition) is 4. The summed E-state index contributed by atoms with van der Waals surface area (Å²) in [6.07, 6.45) is 16.0. The maximum Gasteiger partial charge on any atom is 0.330 e. The Kier molecular flexibility index (Phi) is 21.7. The van der Waals surface area contributed by atoms with Gasteiger partial charge >= 0.3 is 19.9 Å². The molecule has 50 heavy (non-hydrogen) atoms. The number of aliphatic hydroxyl groups excluding tert-OH is 1. The second-order valence-electron chi connectivity index (χ2n) is 13.6. The second kappa shape index (κ2) is 24.8. The van der Waals surface area contributed by atoms with Crippen molar-refractivity contribution in [3.8, 4) is 0 Å². The first-order chi connectivity index (χ1) is 24.0. The Bertz CT molecular complexity index is 1250. The van der Waals surface area contributed by atoms with Crippen molar-refractivity contribution in [1.82, 2.24) is 14.9 Å². The van der Waals surface area contributed by atoms with Crippen LogP contribution >= 0.6 is 8.25 Å². The average Bonchev–Trinajstić information content (AvgIpc) is 3.39. The molecule has 0 bridgehead atoms. The zero-order valence-electron chi connectivity index (χ0n) is 30.3. The Morgan fingerprint density at radius 1 is 0.920 bits per heavy atom. The fourth-order valence-corrected chi connectivity index (χ4v) is 6.55. The van der Waals surface area contributed by atoms with Gasteiger partial charge in [-0.1, -0.05) is 96.8 Å². The van der Waals surface area contributed by atoms with Crippen LogP contribution in [0.5, 0.6) is 0 Å². The molecule has 1 fully saturated rings. The normalized spacial score (nSPS) is 19.8.